The number of amides is 1. The molecule has 0 atom stereocenters. The highest BCUT2D eigenvalue weighted by Crippen LogP contribution is 2.26. The van der Waals surface area contributed by atoms with Crippen molar-refractivity contribution in [3.63, 3.8) is 0 Å². The average Bonchev–Trinajstić information content (AvgIpc) is 3.09. The van der Waals surface area contributed by atoms with Crippen LogP contribution < -0.4 is 10.6 Å². The van der Waals surface area contributed by atoms with Crippen LogP contribution in [0.4, 0.5) is 19.0 Å². The zero-order valence-corrected chi connectivity index (χ0v) is 17.0. The first-order valence-electron chi connectivity index (χ1n) is 9.40. The van der Waals surface area contributed by atoms with Gasteiger partial charge in [0.25, 0.3) is 5.91 Å². The van der Waals surface area contributed by atoms with Gasteiger partial charge in [-0.2, -0.15) is 0 Å². The quantitative estimate of drug-likeness (QED) is 0.604. The molecule has 2 N–H and O–H groups in total. The predicted molar refractivity (Wildman–Crippen MR) is 109 cm³/mol. The van der Waals surface area contributed by atoms with Crippen LogP contribution in [0.15, 0.2) is 30.7 Å². The number of nitrogens with one attached hydrogen (secondary N) is 2. The fraction of sp³-hybridized carbons (Fsp3) is 0.350. The minimum absolute atomic E-state index is 0. The molecule has 0 radical (unpaired) electrons. The Balaban J connectivity index is 0.00000256. The topological polar surface area (TPSA) is 71.8 Å². The zero-order chi connectivity index (χ0) is 20.5. The maximum absolute atomic E-state index is 13.3. The van der Waals surface area contributed by atoms with Crippen LogP contribution in [0.3, 0.4) is 0 Å². The van der Waals surface area contributed by atoms with Crippen molar-refractivity contribution in [3.05, 3.63) is 53.7 Å². The largest absolute Gasteiger partial charge is 0.367 e. The van der Waals surface area contributed by atoms with Gasteiger partial charge in [0.2, 0.25) is 0 Å². The molecule has 10 heteroatoms. The number of halogens is 4. The van der Waals surface area contributed by atoms with Gasteiger partial charge in [-0.25, -0.2) is 23.1 Å². The number of carbonyl (C=O) groups excluding carboxylic acids is 1. The maximum Gasteiger partial charge on any atom is 0.251 e. The third-order valence-corrected chi connectivity index (χ3v) is 5.31. The highest BCUT2D eigenvalue weighted by molar-refractivity contribution is 5.94. The molecule has 30 heavy (non-hydrogen) atoms. The number of aromatic nitrogens is 3. The van der Waals surface area contributed by atoms with Crippen molar-refractivity contribution in [2.24, 2.45) is 7.05 Å². The number of fused-ring (bicyclic) bond motifs is 1. The molecule has 1 saturated carbocycles. The lowest BCUT2D eigenvalue weighted by Crippen LogP contribution is -2.40. The fourth-order valence-electron chi connectivity index (χ4n) is 3.72. The predicted octanol–water partition coefficient (Wildman–Crippen LogP) is 3.96. The number of anilines is 1. The van der Waals surface area contributed by atoms with Crippen LogP contribution in [0, 0.1) is 17.5 Å². The Labute approximate surface area is 177 Å². The van der Waals surface area contributed by atoms with Crippen LogP contribution >= 0.6 is 12.4 Å². The second-order valence-electron chi connectivity index (χ2n) is 7.31. The maximum atomic E-state index is 13.3. The van der Waals surface area contributed by atoms with E-state index >= 15 is 0 Å². The van der Waals surface area contributed by atoms with Crippen molar-refractivity contribution in [2.45, 2.75) is 37.8 Å². The van der Waals surface area contributed by atoms with Crippen LogP contribution in [-0.4, -0.2) is 32.5 Å². The Morgan fingerprint density at radius 3 is 2.37 bits per heavy atom. The van der Waals surface area contributed by atoms with E-state index in [0.717, 1.165) is 29.7 Å². The van der Waals surface area contributed by atoms with E-state index in [1.165, 1.54) is 6.33 Å². The van der Waals surface area contributed by atoms with Gasteiger partial charge in [0, 0.05) is 30.9 Å². The third-order valence-electron chi connectivity index (χ3n) is 5.31. The van der Waals surface area contributed by atoms with E-state index in [9.17, 15) is 18.0 Å². The van der Waals surface area contributed by atoms with Crippen LogP contribution in [0.2, 0.25) is 0 Å². The molecular formula is C20H21ClF3N5O. The summed E-state index contributed by atoms with van der Waals surface area (Å²) in [6.07, 6.45) is 6.47. The summed E-state index contributed by atoms with van der Waals surface area (Å²) in [6.45, 7) is 0. The number of aryl methyl sites for hydroxylation is 1. The Hall–Kier alpha value is -2.81. The van der Waals surface area contributed by atoms with Crippen molar-refractivity contribution in [1.29, 1.82) is 0 Å². The normalized spacial score (nSPS) is 18.7. The van der Waals surface area contributed by atoms with Gasteiger partial charge in [0.05, 0.1) is 5.39 Å². The van der Waals surface area contributed by atoms with E-state index in [-0.39, 0.29) is 30.1 Å². The summed E-state index contributed by atoms with van der Waals surface area (Å²) in [5.41, 5.74) is 0.622. The van der Waals surface area contributed by atoms with Gasteiger partial charge in [-0.15, -0.1) is 12.4 Å². The first kappa shape index (κ1) is 21.9. The molecule has 4 rings (SSSR count). The van der Waals surface area contributed by atoms with Gasteiger partial charge >= 0.3 is 0 Å². The number of rotatable bonds is 4. The zero-order valence-electron chi connectivity index (χ0n) is 16.2. The molecule has 1 aromatic carbocycles. The van der Waals surface area contributed by atoms with Crippen LogP contribution in [0.5, 0.6) is 0 Å². The lowest BCUT2D eigenvalue weighted by atomic mass is 9.91. The molecule has 1 amide bonds. The van der Waals surface area contributed by atoms with Gasteiger partial charge < -0.3 is 15.2 Å². The number of hydrogen-bond acceptors (Lipinski definition) is 4. The van der Waals surface area contributed by atoms with Crippen molar-refractivity contribution >= 4 is 35.2 Å². The summed E-state index contributed by atoms with van der Waals surface area (Å²) < 4.78 is 41.7. The van der Waals surface area contributed by atoms with Crippen LogP contribution in [0.25, 0.3) is 11.0 Å². The molecule has 1 aliphatic carbocycles. The van der Waals surface area contributed by atoms with Crippen molar-refractivity contribution in [3.8, 4) is 0 Å². The second-order valence-corrected chi connectivity index (χ2v) is 7.31. The monoisotopic (exact) mass is 439 g/mol. The average molecular weight is 440 g/mol. The van der Waals surface area contributed by atoms with Gasteiger partial charge in [-0.1, -0.05) is 0 Å². The van der Waals surface area contributed by atoms with Gasteiger partial charge in [-0.05, 0) is 43.9 Å². The summed E-state index contributed by atoms with van der Waals surface area (Å²) >= 11 is 0. The molecular weight excluding hydrogens is 419 g/mol. The molecule has 1 fully saturated rings. The molecule has 3 aromatic rings. The summed E-state index contributed by atoms with van der Waals surface area (Å²) in [5.74, 6) is -4.16. The van der Waals surface area contributed by atoms with Crippen molar-refractivity contribution < 1.29 is 18.0 Å². The lowest BCUT2D eigenvalue weighted by molar-refractivity contribution is 0.0925. The smallest absolute Gasteiger partial charge is 0.251 e. The van der Waals surface area contributed by atoms with E-state index in [2.05, 4.69) is 20.6 Å². The summed E-state index contributed by atoms with van der Waals surface area (Å²) in [5, 5.41) is 7.17. The molecule has 0 aliphatic heterocycles. The molecule has 2 aromatic heterocycles. The molecule has 0 saturated heterocycles. The summed E-state index contributed by atoms with van der Waals surface area (Å²) in [7, 11) is 1.92. The minimum atomic E-state index is -1.58. The van der Waals surface area contributed by atoms with E-state index in [1.807, 2.05) is 23.9 Å². The second kappa shape index (κ2) is 8.91. The molecule has 160 valence electrons. The molecule has 2 heterocycles. The van der Waals surface area contributed by atoms with E-state index in [4.69, 9.17) is 0 Å². The Kier molecular flexibility index (Phi) is 6.50. The van der Waals surface area contributed by atoms with Crippen molar-refractivity contribution in [2.75, 3.05) is 5.32 Å². The third kappa shape index (κ3) is 4.35. The Morgan fingerprint density at radius 1 is 1.07 bits per heavy atom. The Morgan fingerprint density at radius 2 is 1.70 bits per heavy atom. The number of benzene rings is 1. The van der Waals surface area contributed by atoms with Gasteiger partial charge in [-0.3, -0.25) is 4.79 Å². The number of nitrogens with zero attached hydrogens (tertiary/aromatic N) is 3. The fourth-order valence-corrected chi connectivity index (χ4v) is 3.72. The highest BCUT2D eigenvalue weighted by Gasteiger charge is 2.24. The number of hydrogen-bond donors (Lipinski definition) is 2. The summed E-state index contributed by atoms with van der Waals surface area (Å²) in [6, 6.07) is 3.47. The van der Waals surface area contributed by atoms with E-state index in [0.29, 0.717) is 25.0 Å². The van der Waals surface area contributed by atoms with Crippen LogP contribution in [-0.2, 0) is 7.05 Å². The molecule has 6 nitrogen and oxygen atoms in total. The van der Waals surface area contributed by atoms with E-state index < -0.39 is 23.4 Å². The standard InChI is InChI=1S/C20H20F3N5O.ClH/c1-28-7-6-14-18(24-10-25-19(14)28)26-12-2-4-13(5-3-12)27-20(29)11-8-15(21)17(23)16(22)9-11;/h6-10,12-13H,2-5H2,1H3,(H,27,29)(H,24,25,26);1H/t12-,13+;. The highest BCUT2D eigenvalue weighted by atomic mass is 35.5. The SMILES string of the molecule is Cl.Cn1ccc2c(N[C@H]3CC[C@@H](NC(=O)c4cc(F)c(F)c(F)c4)CC3)ncnc21. The molecule has 0 spiro atoms. The number of carbonyl (C=O) groups is 1. The Bertz CT molecular complexity index is 1040. The van der Waals surface area contributed by atoms with Gasteiger partial charge in [0.1, 0.15) is 17.8 Å². The molecule has 0 unspecified atom stereocenters. The van der Waals surface area contributed by atoms with Gasteiger partial charge in [0.15, 0.2) is 17.5 Å². The first-order chi connectivity index (χ1) is 13.9. The van der Waals surface area contributed by atoms with E-state index in [1.54, 1.807) is 0 Å². The van der Waals surface area contributed by atoms with Crippen molar-refractivity contribution in [1.82, 2.24) is 19.9 Å². The lowest BCUT2D eigenvalue weighted by Gasteiger charge is -2.30. The molecule has 1 aliphatic rings. The summed E-state index contributed by atoms with van der Waals surface area (Å²) in [4.78, 5) is 20.9. The first-order valence-corrected chi connectivity index (χ1v) is 9.40. The van der Waals surface area contributed by atoms with Crippen LogP contribution in [0.1, 0.15) is 36.0 Å². The molecule has 0 bridgehead atoms. The minimum Gasteiger partial charge on any atom is -0.367 e.